The van der Waals surface area contributed by atoms with Crippen molar-refractivity contribution in [3.8, 4) is 0 Å². The molecule has 0 spiro atoms. The molecule has 0 aromatic heterocycles. The number of aryl methyl sites for hydroxylation is 1. The van der Waals surface area contributed by atoms with Gasteiger partial charge in [0.05, 0.1) is 30.2 Å². The van der Waals surface area contributed by atoms with E-state index in [0.717, 1.165) is 43.9 Å². The largest absolute Gasteiger partial charge is 0.417 e. The van der Waals surface area contributed by atoms with Crippen molar-refractivity contribution in [1.82, 2.24) is 55.6 Å². The molecule has 2 heterocycles. The molecular weight excluding hydrogens is 1200 g/mol. The van der Waals surface area contributed by atoms with E-state index in [1.165, 1.54) is 75.2 Å². The lowest BCUT2D eigenvalue weighted by Crippen LogP contribution is -2.58. The summed E-state index contributed by atoms with van der Waals surface area (Å²) in [6, 6.07) is 0.513. The second-order valence-electron chi connectivity index (χ2n) is 24.7. The average Bonchev–Trinajstić information content (AvgIpc) is 1.78. The van der Waals surface area contributed by atoms with Gasteiger partial charge in [-0.2, -0.15) is 13.2 Å². The number of fused-ring (bicyclic) bond motifs is 1. The van der Waals surface area contributed by atoms with Crippen molar-refractivity contribution in [2.75, 3.05) is 75.0 Å². The summed E-state index contributed by atoms with van der Waals surface area (Å²) in [4.78, 5) is 163. The van der Waals surface area contributed by atoms with Crippen LogP contribution >= 0.6 is 11.6 Å². The van der Waals surface area contributed by atoms with Crippen LogP contribution in [0.2, 0.25) is 5.02 Å². The molecule has 500 valence electrons. The molecule has 2 aromatic rings. The minimum Gasteiger partial charge on any atom is -0.354 e. The van der Waals surface area contributed by atoms with Crippen LogP contribution in [0.1, 0.15) is 123 Å². The highest BCUT2D eigenvalue weighted by Crippen LogP contribution is 2.35. The van der Waals surface area contributed by atoms with Crippen LogP contribution in [-0.2, 0) is 71.8 Å². The molecule has 2 fully saturated rings. The van der Waals surface area contributed by atoms with E-state index >= 15 is 0 Å². The van der Waals surface area contributed by atoms with Crippen LogP contribution in [0.15, 0.2) is 42.5 Å². The van der Waals surface area contributed by atoms with E-state index in [-0.39, 0.29) is 75.8 Å². The zero-order valence-corrected chi connectivity index (χ0v) is 54.9. The molecule has 1 unspecified atom stereocenters. The zero-order chi connectivity index (χ0) is 67.6. The SMILES string of the molecule is CC[C@H](C)C1NC(=O)[C@H](CC(C)C)N(C)C(=O)C[C@@H](C)NC(=O)[C@H](C(C)C)N(C)C(=O)CCCCNC(=O)[C@@H]2CCCN2C(=O)[C@H](CCc2ccc(C(F)(F)F)c(Cl)c2)NC(=O)CN(C)C(=O)[C@H](Cc2ccc(F)cc2)N(C)C(=O)CN(C)C(=O)CN(C)C1=O. The van der Waals surface area contributed by atoms with Crippen molar-refractivity contribution in [2.24, 2.45) is 17.8 Å². The fourth-order valence-electron chi connectivity index (χ4n) is 11.0. The Labute approximate surface area is 530 Å². The van der Waals surface area contributed by atoms with Crippen molar-refractivity contribution in [3.05, 3.63) is 70.0 Å². The Balaban J connectivity index is 1.71. The van der Waals surface area contributed by atoms with Crippen molar-refractivity contribution < 1.29 is 70.3 Å². The van der Waals surface area contributed by atoms with E-state index in [0.29, 0.717) is 36.8 Å². The molecular formula is C63H92ClF4N11O11. The summed E-state index contributed by atoms with van der Waals surface area (Å²) in [7, 11) is 8.21. The molecule has 11 amide bonds. The third-order valence-electron chi connectivity index (χ3n) is 16.7. The van der Waals surface area contributed by atoms with Crippen molar-refractivity contribution >= 4 is 76.6 Å². The third-order valence-corrected chi connectivity index (χ3v) is 17.0. The molecule has 4 N–H and O–H groups in total. The number of likely N-dealkylation sites (N-methyl/N-ethyl adjacent to an activating group) is 6. The summed E-state index contributed by atoms with van der Waals surface area (Å²) in [5.74, 6) is -8.45. The van der Waals surface area contributed by atoms with Gasteiger partial charge in [-0.15, -0.1) is 0 Å². The molecule has 4 rings (SSSR count). The number of halogens is 5. The Morgan fingerprint density at radius 1 is 0.644 bits per heavy atom. The number of nitrogens with one attached hydrogen (secondary N) is 4. The van der Waals surface area contributed by atoms with Gasteiger partial charge < -0.3 is 55.6 Å². The first kappa shape index (κ1) is 75.1. The van der Waals surface area contributed by atoms with Crippen LogP contribution in [0.3, 0.4) is 0 Å². The van der Waals surface area contributed by atoms with Crippen molar-refractivity contribution in [1.29, 1.82) is 0 Å². The molecule has 0 bridgehead atoms. The molecule has 0 radical (unpaired) electrons. The van der Waals surface area contributed by atoms with Gasteiger partial charge in [-0.1, -0.05) is 77.8 Å². The normalized spacial score (nSPS) is 24.1. The number of carbonyl (C=O) groups is 11. The maximum Gasteiger partial charge on any atom is 0.417 e. The molecule has 2 aliphatic heterocycles. The third kappa shape index (κ3) is 21.4. The van der Waals surface area contributed by atoms with Crippen LogP contribution in [-0.4, -0.2) is 217 Å². The smallest absolute Gasteiger partial charge is 0.354 e. The topological polar surface area (TPSA) is 259 Å². The molecule has 8 atom stereocenters. The molecule has 90 heavy (non-hydrogen) atoms. The summed E-state index contributed by atoms with van der Waals surface area (Å²) in [6.07, 6.45) is -3.57. The second kappa shape index (κ2) is 34.2. The van der Waals surface area contributed by atoms with Crippen molar-refractivity contribution in [2.45, 2.75) is 168 Å². The molecule has 27 heteroatoms. The van der Waals surface area contributed by atoms with E-state index in [1.807, 2.05) is 20.8 Å². The standard InChI is InChI=1S/C63H92ClF4N11O11/c1-14-39(6)55-62(90)75(10)35-53(83)73(8)36-54(84)77(12)49(33-42-20-24-43(65)25-21-42)61(89)74(9)34-50(80)71-46(27-23-41-22-26-44(45(64)32-41)63(66,67)68)60(88)79-29-17-18-47(79)57(85)69-28-16-15-19-51(81)78(13)56(38(4)5)59(87)70-40(7)31-52(82)76(11)48(30-37(2)3)58(86)72-55/h20-22,24-26,32,37-40,46-49,55-56H,14-19,23,27-31,33-36H2,1-13H3,(H,69,85)(H,70,87)(H,71,80)(H,72,86)/t39-,40+,46-,47-,48-,49-,55?,56-/m0/s1. The number of hydrogen-bond acceptors (Lipinski definition) is 11. The highest BCUT2D eigenvalue weighted by molar-refractivity contribution is 6.31. The molecule has 22 nitrogen and oxygen atoms in total. The molecule has 2 aliphatic rings. The van der Waals surface area contributed by atoms with Crippen LogP contribution in [0.5, 0.6) is 0 Å². The van der Waals surface area contributed by atoms with Gasteiger partial charge in [-0.3, -0.25) is 52.7 Å². The number of hydrogen-bond donors (Lipinski definition) is 4. The predicted molar refractivity (Wildman–Crippen MR) is 329 cm³/mol. The Kier molecular flexibility index (Phi) is 28.5. The van der Waals surface area contributed by atoms with Crippen LogP contribution in [0.25, 0.3) is 0 Å². The zero-order valence-electron chi connectivity index (χ0n) is 54.1. The number of rotatable bonds is 10. The minimum absolute atomic E-state index is 0.000329. The van der Waals surface area contributed by atoms with Gasteiger partial charge in [0, 0.05) is 80.7 Å². The molecule has 2 saturated heterocycles. The highest BCUT2D eigenvalue weighted by Gasteiger charge is 2.41. The summed E-state index contributed by atoms with van der Waals surface area (Å²) in [6.45, 7) is 10.8. The Morgan fingerprint density at radius 3 is 1.86 bits per heavy atom. The molecule has 2 aromatic carbocycles. The van der Waals surface area contributed by atoms with Crippen LogP contribution in [0.4, 0.5) is 17.6 Å². The van der Waals surface area contributed by atoms with Crippen LogP contribution in [0, 0.1) is 23.6 Å². The quantitative estimate of drug-likeness (QED) is 0.242. The van der Waals surface area contributed by atoms with Gasteiger partial charge in [0.15, 0.2) is 0 Å². The fraction of sp³-hybridized carbons (Fsp3) is 0.635. The minimum atomic E-state index is -4.75. The van der Waals surface area contributed by atoms with Crippen LogP contribution < -0.4 is 21.3 Å². The number of amides is 11. The van der Waals surface area contributed by atoms with Gasteiger partial charge in [0.2, 0.25) is 65.0 Å². The lowest BCUT2D eigenvalue weighted by atomic mass is 9.96. The van der Waals surface area contributed by atoms with Gasteiger partial charge in [0.25, 0.3) is 0 Å². The summed E-state index contributed by atoms with van der Waals surface area (Å²) in [5.41, 5.74) is -0.372. The first-order chi connectivity index (χ1) is 42.1. The average molecular weight is 1290 g/mol. The number of benzene rings is 2. The van der Waals surface area contributed by atoms with E-state index in [1.54, 1.807) is 27.7 Å². The van der Waals surface area contributed by atoms with E-state index < -0.39 is 149 Å². The van der Waals surface area contributed by atoms with E-state index in [9.17, 15) is 70.3 Å². The van der Waals surface area contributed by atoms with E-state index in [2.05, 4.69) is 21.3 Å². The lowest BCUT2D eigenvalue weighted by Gasteiger charge is -2.34. The molecule has 0 aliphatic carbocycles. The summed E-state index contributed by atoms with van der Waals surface area (Å²) in [5, 5.41) is 10.6. The molecule has 0 saturated carbocycles. The summed E-state index contributed by atoms with van der Waals surface area (Å²) < 4.78 is 55.1. The summed E-state index contributed by atoms with van der Waals surface area (Å²) >= 11 is 6.05. The first-order valence-corrected chi connectivity index (χ1v) is 31.0. The number of alkyl halides is 3. The van der Waals surface area contributed by atoms with Gasteiger partial charge in [0.1, 0.15) is 42.1 Å². The fourth-order valence-corrected chi connectivity index (χ4v) is 11.3. The maximum atomic E-state index is 14.6. The maximum absolute atomic E-state index is 14.6. The first-order valence-electron chi connectivity index (χ1n) is 30.7. The Bertz CT molecular complexity index is 2880. The van der Waals surface area contributed by atoms with Gasteiger partial charge in [-0.25, -0.2) is 4.39 Å². The predicted octanol–water partition coefficient (Wildman–Crippen LogP) is 4.43. The van der Waals surface area contributed by atoms with E-state index in [4.69, 9.17) is 11.6 Å². The monoisotopic (exact) mass is 1290 g/mol. The number of nitrogens with zero attached hydrogens (tertiary/aromatic N) is 7. The van der Waals surface area contributed by atoms with Gasteiger partial charge in [-0.05, 0) is 105 Å². The highest BCUT2D eigenvalue weighted by atomic mass is 35.5. The lowest BCUT2D eigenvalue weighted by molar-refractivity contribution is -0.148. The Morgan fingerprint density at radius 2 is 1.26 bits per heavy atom. The number of carbonyl (C=O) groups excluding carboxylic acids is 11. The van der Waals surface area contributed by atoms with Gasteiger partial charge >= 0.3 is 6.18 Å². The second-order valence-corrected chi connectivity index (χ2v) is 25.1. The van der Waals surface area contributed by atoms with Crippen molar-refractivity contribution in [3.63, 3.8) is 0 Å². The Hall–Kier alpha value is -7.38.